The summed E-state index contributed by atoms with van der Waals surface area (Å²) >= 11 is 8.53. The van der Waals surface area contributed by atoms with Crippen molar-refractivity contribution in [2.45, 2.75) is 19.4 Å². The number of ketones is 1. The van der Waals surface area contributed by atoms with Gasteiger partial charge in [0, 0.05) is 9.35 Å². The number of halogens is 2. The second kappa shape index (κ2) is 5.04. The number of benzene rings is 1. The molecule has 0 N–H and O–H groups in total. The van der Waals surface area contributed by atoms with Gasteiger partial charge in [0.1, 0.15) is 11.9 Å². The minimum Gasteiger partial charge on any atom is -0.484 e. The van der Waals surface area contributed by atoms with Gasteiger partial charge in [0.2, 0.25) is 0 Å². The molecule has 19 heavy (non-hydrogen) atoms. The van der Waals surface area contributed by atoms with E-state index in [0.29, 0.717) is 17.7 Å². The highest BCUT2D eigenvalue weighted by Gasteiger charge is 2.29. The number of hydrogen-bond acceptors (Lipinski definition) is 3. The molecule has 1 atom stereocenters. The van der Waals surface area contributed by atoms with Crippen LogP contribution in [-0.4, -0.2) is 5.78 Å². The molecule has 2 nitrogen and oxygen atoms in total. The first-order valence-electron chi connectivity index (χ1n) is 5.80. The Morgan fingerprint density at radius 3 is 2.79 bits per heavy atom. The van der Waals surface area contributed by atoms with Crippen molar-refractivity contribution in [1.82, 2.24) is 0 Å². The third-order valence-corrected chi connectivity index (χ3v) is 6.41. The minimum atomic E-state index is -0.185. The van der Waals surface area contributed by atoms with Gasteiger partial charge in [-0.2, -0.15) is 0 Å². The number of thiophene rings is 1. The lowest BCUT2D eigenvalue weighted by Crippen LogP contribution is -2.19. The minimum absolute atomic E-state index is 0.149. The fraction of sp³-hybridized carbons (Fsp3) is 0.214. The monoisotopic (exact) mass is 400 g/mol. The van der Waals surface area contributed by atoms with Crippen LogP contribution in [0.15, 0.2) is 32.5 Å². The van der Waals surface area contributed by atoms with Crippen LogP contribution in [-0.2, 0) is 0 Å². The Kier molecular flexibility index (Phi) is 3.53. The molecular formula is C14H10Br2O2S. The molecule has 0 saturated carbocycles. The van der Waals surface area contributed by atoms with E-state index in [2.05, 4.69) is 31.9 Å². The molecule has 2 aromatic rings. The molecule has 0 aliphatic carbocycles. The number of ether oxygens (including phenoxy) is 1. The van der Waals surface area contributed by atoms with Gasteiger partial charge < -0.3 is 4.74 Å². The molecule has 5 heteroatoms. The third-order valence-electron chi connectivity index (χ3n) is 3.06. The number of hydrogen-bond donors (Lipinski definition) is 0. The molecule has 0 saturated heterocycles. The second-order valence-corrected chi connectivity index (χ2v) is 7.76. The van der Waals surface area contributed by atoms with Crippen LogP contribution in [0, 0.1) is 6.92 Å². The summed E-state index contributed by atoms with van der Waals surface area (Å²) in [5.41, 5.74) is 1.78. The normalized spacial score (nSPS) is 18.1. The highest BCUT2D eigenvalue weighted by Crippen LogP contribution is 2.41. The Labute approximate surface area is 132 Å². The van der Waals surface area contributed by atoms with Crippen molar-refractivity contribution in [1.29, 1.82) is 0 Å². The first-order chi connectivity index (χ1) is 9.04. The van der Waals surface area contributed by atoms with Crippen LogP contribution in [0.2, 0.25) is 0 Å². The van der Waals surface area contributed by atoms with Crippen LogP contribution in [0.1, 0.15) is 33.3 Å². The molecule has 0 radical (unpaired) electrons. The summed E-state index contributed by atoms with van der Waals surface area (Å²) in [5.74, 6) is 0.836. The summed E-state index contributed by atoms with van der Waals surface area (Å²) in [4.78, 5) is 13.3. The topological polar surface area (TPSA) is 26.3 Å². The van der Waals surface area contributed by atoms with Gasteiger partial charge >= 0.3 is 0 Å². The maximum Gasteiger partial charge on any atom is 0.170 e. The molecule has 1 aromatic carbocycles. The number of aryl methyl sites for hydroxylation is 1. The number of carbonyl (C=O) groups is 1. The van der Waals surface area contributed by atoms with Crippen molar-refractivity contribution in [3.8, 4) is 5.75 Å². The van der Waals surface area contributed by atoms with Crippen LogP contribution in [0.3, 0.4) is 0 Å². The first kappa shape index (κ1) is 13.3. The van der Waals surface area contributed by atoms with Crippen molar-refractivity contribution in [2.24, 2.45) is 0 Å². The predicted molar refractivity (Wildman–Crippen MR) is 83.2 cm³/mol. The van der Waals surface area contributed by atoms with Gasteiger partial charge in [0.05, 0.1) is 15.8 Å². The highest BCUT2D eigenvalue weighted by atomic mass is 79.9. The lowest BCUT2D eigenvalue weighted by molar-refractivity contribution is 0.0854. The third kappa shape index (κ3) is 2.51. The SMILES string of the molecule is Cc1ccc2c(c1)C(=O)CC(c1cc(Br)c(Br)s1)O2. The number of fused-ring (bicyclic) bond motifs is 1. The van der Waals surface area contributed by atoms with E-state index < -0.39 is 0 Å². The van der Waals surface area contributed by atoms with Crippen LogP contribution in [0.4, 0.5) is 0 Å². The van der Waals surface area contributed by atoms with Gasteiger partial charge in [0.15, 0.2) is 5.78 Å². The lowest BCUT2D eigenvalue weighted by Gasteiger charge is -2.24. The molecule has 1 aliphatic heterocycles. The number of rotatable bonds is 1. The van der Waals surface area contributed by atoms with Crippen molar-refractivity contribution < 1.29 is 9.53 Å². The Morgan fingerprint density at radius 1 is 1.32 bits per heavy atom. The molecule has 0 fully saturated rings. The molecule has 0 bridgehead atoms. The molecule has 2 heterocycles. The van der Waals surface area contributed by atoms with Gasteiger partial charge in [-0.05, 0) is 57.0 Å². The predicted octanol–water partition coefficient (Wildman–Crippen LogP) is 5.29. The molecule has 1 unspecified atom stereocenters. The molecular weight excluding hydrogens is 392 g/mol. The standard InChI is InChI=1S/C14H10Br2O2S/c1-7-2-3-11-8(4-7)10(17)6-12(18-11)13-5-9(15)14(16)19-13/h2-5,12H,6H2,1H3. The van der Waals surface area contributed by atoms with Crippen LogP contribution in [0.5, 0.6) is 5.75 Å². The largest absolute Gasteiger partial charge is 0.484 e. The lowest BCUT2D eigenvalue weighted by atomic mass is 9.98. The van der Waals surface area contributed by atoms with Crippen LogP contribution >= 0.6 is 43.2 Å². The fourth-order valence-corrected chi connectivity index (χ4v) is 4.24. The summed E-state index contributed by atoms with van der Waals surface area (Å²) in [6, 6.07) is 7.75. The smallest absolute Gasteiger partial charge is 0.170 e. The molecule has 0 amide bonds. The van der Waals surface area contributed by atoms with E-state index in [1.54, 1.807) is 11.3 Å². The van der Waals surface area contributed by atoms with E-state index >= 15 is 0 Å². The second-order valence-electron chi connectivity index (χ2n) is 4.50. The van der Waals surface area contributed by atoms with E-state index in [9.17, 15) is 4.79 Å². The highest BCUT2D eigenvalue weighted by molar-refractivity contribution is 9.13. The zero-order chi connectivity index (χ0) is 13.6. The average Bonchev–Trinajstić information content (AvgIpc) is 2.70. The van der Waals surface area contributed by atoms with E-state index in [1.807, 2.05) is 31.2 Å². The summed E-state index contributed by atoms with van der Waals surface area (Å²) in [7, 11) is 0. The molecule has 1 aromatic heterocycles. The Hall–Kier alpha value is -0.650. The van der Waals surface area contributed by atoms with Crippen molar-refractivity contribution in [3.63, 3.8) is 0 Å². The van der Waals surface area contributed by atoms with Gasteiger partial charge in [-0.1, -0.05) is 11.6 Å². The van der Waals surface area contributed by atoms with Crippen LogP contribution in [0.25, 0.3) is 0 Å². The van der Waals surface area contributed by atoms with Gasteiger partial charge in [-0.3, -0.25) is 4.79 Å². The van der Waals surface area contributed by atoms with Crippen molar-refractivity contribution >= 4 is 49.0 Å². The molecule has 0 spiro atoms. The summed E-state index contributed by atoms with van der Waals surface area (Å²) in [6.07, 6.45) is 0.214. The quantitative estimate of drug-likeness (QED) is 0.648. The summed E-state index contributed by atoms with van der Waals surface area (Å²) < 4.78 is 7.98. The first-order valence-corrected chi connectivity index (χ1v) is 8.20. The summed E-state index contributed by atoms with van der Waals surface area (Å²) in [6.45, 7) is 1.98. The van der Waals surface area contributed by atoms with E-state index in [0.717, 1.165) is 18.7 Å². The Balaban J connectivity index is 1.97. The Morgan fingerprint density at radius 2 is 2.11 bits per heavy atom. The van der Waals surface area contributed by atoms with Crippen molar-refractivity contribution in [2.75, 3.05) is 0 Å². The maximum atomic E-state index is 12.2. The number of Topliss-reactive ketones (excluding diaryl/α,β-unsaturated/α-hetero) is 1. The molecule has 98 valence electrons. The zero-order valence-electron chi connectivity index (χ0n) is 10.1. The van der Waals surface area contributed by atoms with E-state index in [1.165, 1.54) is 0 Å². The number of carbonyl (C=O) groups excluding carboxylic acids is 1. The van der Waals surface area contributed by atoms with E-state index in [4.69, 9.17) is 4.74 Å². The molecule has 3 rings (SSSR count). The fourth-order valence-electron chi connectivity index (χ4n) is 2.12. The Bertz CT molecular complexity index is 644. The van der Waals surface area contributed by atoms with Crippen LogP contribution < -0.4 is 4.74 Å². The summed E-state index contributed by atoms with van der Waals surface area (Å²) in [5, 5.41) is 0. The molecule has 1 aliphatic rings. The van der Waals surface area contributed by atoms with E-state index in [-0.39, 0.29) is 11.9 Å². The van der Waals surface area contributed by atoms with Crippen molar-refractivity contribution in [3.05, 3.63) is 48.5 Å². The van der Waals surface area contributed by atoms with Gasteiger partial charge in [-0.25, -0.2) is 0 Å². The zero-order valence-corrected chi connectivity index (χ0v) is 14.1. The average molecular weight is 402 g/mol. The maximum absolute atomic E-state index is 12.2. The van der Waals surface area contributed by atoms with Gasteiger partial charge in [-0.15, -0.1) is 11.3 Å². The van der Waals surface area contributed by atoms with Gasteiger partial charge in [0.25, 0.3) is 0 Å².